The number of rotatable bonds is 2. The first-order valence-electron chi connectivity index (χ1n) is 7.31. The van der Waals surface area contributed by atoms with Crippen LogP contribution in [-0.4, -0.2) is 11.8 Å². The number of amides is 2. The quantitative estimate of drug-likeness (QED) is 0.714. The molecule has 0 aliphatic rings. The molecule has 2 N–H and O–H groups in total. The summed E-state index contributed by atoms with van der Waals surface area (Å²) in [5.41, 5.74) is 6.85. The minimum Gasteiger partial charge on any atom is -0.267 e. The third-order valence-electron chi connectivity index (χ3n) is 3.71. The van der Waals surface area contributed by atoms with Gasteiger partial charge < -0.3 is 0 Å². The monoisotopic (exact) mass is 304 g/mol. The molecule has 0 bridgehead atoms. The van der Waals surface area contributed by atoms with E-state index >= 15 is 0 Å². The van der Waals surface area contributed by atoms with Crippen LogP contribution in [0.25, 0.3) is 10.8 Å². The molecule has 0 heterocycles. The third kappa shape index (κ3) is 3.06. The van der Waals surface area contributed by atoms with Crippen LogP contribution in [0.4, 0.5) is 0 Å². The third-order valence-corrected chi connectivity index (χ3v) is 3.71. The smallest absolute Gasteiger partial charge is 0.267 e. The molecule has 4 heteroatoms. The minimum atomic E-state index is -0.344. The van der Waals surface area contributed by atoms with Crippen molar-refractivity contribution in [2.24, 2.45) is 0 Å². The van der Waals surface area contributed by atoms with Crippen LogP contribution in [0.15, 0.2) is 66.7 Å². The van der Waals surface area contributed by atoms with Crippen LogP contribution in [0.2, 0.25) is 0 Å². The molecule has 0 saturated heterocycles. The molecule has 3 aromatic rings. The molecule has 0 aliphatic carbocycles. The number of carbonyl (C=O) groups is 2. The Labute approximate surface area is 134 Å². The summed E-state index contributed by atoms with van der Waals surface area (Å²) in [6.07, 6.45) is 0. The first kappa shape index (κ1) is 14.8. The largest absolute Gasteiger partial charge is 0.270 e. The number of hydrogen-bond acceptors (Lipinski definition) is 2. The molecule has 4 nitrogen and oxygen atoms in total. The summed E-state index contributed by atoms with van der Waals surface area (Å²) in [7, 11) is 0. The fourth-order valence-corrected chi connectivity index (χ4v) is 2.50. The van der Waals surface area contributed by atoms with E-state index in [2.05, 4.69) is 10.9 Å². The van der Waals surface area contributed by atoms with Gasteiger partial charge in [-0.1, -0.05) is 54.6 Å². The van der Waals surface area contributed by atoms with Crippen molar-refractivity contribution in [2.75, 3.05) is 0 Å². The lowest BCUT2D eigenvalue weighted by Gasteiger charge is -2.10. The van der Waals surface area contributed by atoms with Gasteiger partial charge in [-0.05, 0) is 35.4 Å². The highest BCUT2D eigenvalue weighted by atomic mass is 16.2. The molecule has 23 heavy (non-hydrogen) atoms. The molecule has 0 spiro atoms. The maximum Gasteiger partial charge on any atom is 0.270 e. The molecule has 0 atom stereocenters. The molecular weight excluding hydrogens is 288 g/mol. The second-order valence-electron chi connectivity index (χ2n) is 5.25. The number of aryl methyl sites for hydroxylation is 1. The van der Waals surface area contributed by atoms with Gasteiger partial charge in [0.05, 0.1) is 0 Å². The number of benzene rings is 3. The van der Waals surface area contributed by atoms with E-state index in [1.165, 1.54) is 0 Å². The zero-order valence-electron chi connectivity index (χ0n) is 12.7. The van der Waals surface area contributed by atoms with Crippen LogP contribution < -0.4 is 10.9 Å². The zero-order chi connectivity index (χ0) is 16.2. The van der Waals surface area contributed by atoms with Gasteiger partial charge in [0.25, 0.3) is 11.8 Å². The van der Waals surface area contributed by atoms with Crippen LogP contribution in [0, 0.1) is 6.92 Å². The lowest BCUT2D eigenvalue weighted by atomic mass is 10.0. The van der Waals surface area contributed by atoms with Crippen molar-refractivity contribution in [1.82, 2.24) is 10.9 Å². The number of hydrazine groups is 1. The van der Waals surface area contributed by atoms with E-state index in [-0.39, 0.29) is 11.8 Å². The fourth-order valence-electron chi connectivity index (χ4n) is 2.50. The molecule has 2 amide bonds. The lowest BCUT2D eigenvalue weighted by Crippen LogP contribution is -2.41. The number of hydrogen-bond donors (Lipinski definition) is 2. The molecule has 0 unspecified atom stereocenters. The predicted molar refractivity (Wildman–Crippen MR) is 90.1 cm³/mol. The van der Waals surface area contributed by atoms with Gasteiger partial charge in [-0.25, -0.2) is 0 Å². The van der Waals surface area contributed by atoms with Gasteiger partial charge in [0.2, 0.25) is 0 Å². The lowest BCUT2D eigenvalue weighted by molar-refractivity contribution is 0.0847. The van der Waals surface area contributed by atoms with Gasteiger partial charge in [0, 0.05) is 11.1 Å². The molecule has 0 aliphatic heterocycles. The Hall–Kier alpha value is -3.14. The molecule has 0 aromatic heterocycles. The Morgan fingerprint density at radius 2 is 1.26 bits per heavy atom. The zero-order valence-corrected chi connectivity index (χ0v) is 12.7. The van der Waals surface area contributed by atoms with E-state index in [1.807, 2.05) is 55.5 Å². The standard InChI is InChI=1S/C19H16N2O2/c1-13-7-2-4-10-15(13)18(22)20-21-19(23)17-12-6-9-14-8-3-5-11-16(14)17/h2-12H,1H3,(H,20,22)(H,21,23). The van der Waals surface area contributed by atoms with Crippen molar-refractivity contribution in [3.05, 3.63) is 83.4 Å². The summed E-state index contributed by atoms with van der Waals surface area (Å²) >= 11 is 0. The van der Waals surface area contributed by atoms with Crippen LogP contribution in [0.1, 0.15) is 26.3 Å². The molecule has 3 aromatic carbocycles. The van der Waals surface area contributed by atoms with Crippen molar-refractivity contribution >= 4 is 22.6 Å². The van der Waals surface area contributed by atoms with Crippen LogP contribution in [0.5, 0.6) is 0 Å². The summed E-state index contributed by atoms with van der Waals surface area (Å²) in [6, 6.07) is 20.3. The maximum atomic E-state index is 12.4. The SMILES string of the molecule is Cc1ccccc1C(=O)NNC(=O)c1cccc2ccccc12. The van der Waals surface area contributed by atoms with Crippen molar-refractivity contribution in [3.63, 3.8) is 0 Å². The van der Waals surface area contributed by atoms with Gasteiger partial charge in [-0.2, -0.15) is 0 Å². The highest BCUT2D eigenvalue weighted by Gasteiger charge is 2.12. The summed E-state index contributed by atoms with van der Waals surface area (Å²) in [6.45, 7) is 1.85. The van der Waals surface area contributed by atoms with E-state index in [1.54, 1.807) is 18.2 Å². The van der Waals surface area contributed by atoms with Crippen molar-refractivity contribution in [2.45, 2.75) is 6.92 Å². The molecule has 3 rings (SSSR count). The Morgan fingerprint density at radius 3 is 2.04 bits per heavy atom. The van der Waals surface area contributed by atoms with Crippen molar-refractivity contribution in [3.8, 4) is 0 Å². The van der Waals surface area contributed by atoms with Gasteiger partial charge >= 0.3 is 0 Å². The molecule has 114 valence electrons. The normalized spacial score (nSPS) is 10.3. The molecular formula is C19H16N2O2. The van der Waals surface area contributed by atoms with E-state index < -0.39 is 0 Å². The van der Waals surface area contributed by atoms with Crippen LogP contribution >= 0.6 is 0 Å². The molecule has 0 fully saturated rings. The van der Waals surface area contributed by atoms with E-state index in [9.17, 15) is 9.59 Å². The second-order valence-corrected chi connectivity index (χ2v) is 5.25. The van der Waals surface area contributed by atoms with Crippen LogP contribution in [0.3, 0.4) is 0 Å². The van der Waals surface area contributed by atoms with E-state index in [0.717, 1.165) is 16.3 Å². The Kier molecular flexibility index (Phi) is 4.06. The van der Waals surface area contributed by atoms with Gasteiger partial charge in [-0.15, -0.1) is 0 Å². The summed E-state index contributed by atoms with van der Waals surface area (Å²) in [4.78, 5) is 24.5. The summed E-state index contributed by atoms with van der Waals surface area (Å²) < 4.78 is 0. The number of nitrogens with one attached hydrogen (secondary N) is 2. The Balaban J connectivity index is 1.77. The first-order chi connectivity index (χ1) is 11.2. The van der Waals surface area contributed by atoms with Gasteiger partial charge in [0.15, 0.2) is 0 Å². The van der Waals surface area contributed by atoms with E-state index in [4.69, 9.17) is 0 Å². The first-order valence-corrected chi connectivity index (χ1v) is 7.31. The average Bonchev–Trinajstić information content (AvgIpc) is 2.59. The average molecular weight is 304 g/mol. The van der Waals surface area contributed by atoms with Crippen molar-refractivity contribution in [1.29, 1.82) is 0 Å². The minimum absolute atomic E-state index is 0.336. The number of carbonyl (C=O) groups excluding carboxylic acids is 2. The highest BCUT2D eigenvalue weighted by molar-refractivity contribution is 6.08. The Morgan fingerprint density at radius 1 is 0.696 bits per heavy atom. The van der Waals surface area contributed by atoms with Crippen molar-refractivity contribution < 1.29 is 9.59 Å². The molecule has 0 saturated carbocycles. The fraction of sp³-hybridized carbons (Fsp3) is 0.0526. The van der Waals surface area contributed by atoms with Crippen LogP contribution in [-0.2, 0) is 0 Å². The Bertz CT molecular complexity index is 882. The number of fused-ring (bicyclic) bond motifs is 1. The summed E-state index contributed by atoms with van der Waals surface area (Å²) in [5, 5.41) is 1.82. The molecule has 0 radical (unpaired) electrons. The summed E-state index contributed by atoms with van der Waals surface area (Å²) in [5.74, 6) is -0.680. The predicted octanol–water partition coefficient (Wildman–Crippen LogP) is 3.22. The van der Waals surface area contributed by atoms with Gasteiger partial charge in [0.1, 0.15) is 0 Å². The topological polar surface area (TPSA) is 58.2 Å². The second kappa shape index (κ2) is 6.32. The highest BCUT2D eigenvalue weighted by Crippen LogP contribution is 2.18. The van der Waals surface area contributed by atoms with Gasteiger partial charge in [-0.3, -0.25) is 20.4 Å². The maximum absolute atomic E-state index is 12.4. The van der Waals surface area contributed by atoms with E-state index in [0.29, 0.717) is 11.1 Å².